The smallest absolute Gasteiger partial charge is 0.119 e. The van der Waals surface area contributed by atoms with E-state index in [2.05, 4.69) is 36.5 Å². The van der Waals surface area contributed by atoms with E-state index in [0.29, 0.717) is 0 Å². The summed E-state index contributed by atoms with van der Waals surface area (Å²) in [5, 5.41) is 3.59. The van der Waals surface area contributed by atoms with E-state index in [1.807, 2.05) is 24.3 Å². The summed E-state index contributed by atoms with van der Waals surface area (Å²) in [6.45, 7) is 3.14. The monoisotopic (exact) mass is 285 g/mol. The largest absolute Gasteiger partial charge is 0.497 e. The van der Waals surface area contributed by atoms with Crippen molar-refractivity contribution in [3.05, 3.63) is 59.7 Å². The molecule has 0 saturated heterocycles. The maximum absolute atomic E-state index is 5.33. The van der Waals surface area contributed by atoms with Crippen molar-refractivity contribution in [3.63, 3.8) is 0 Å². The topological polar surface area (TPSA) is 30.5 Å². The summed E-state index contributed by atoms with van der Waals surface area (Å²) >= 11 is 0. The van der Waals surface area contributed by atoms with Gasteiger partial charge in [-0.05, 0) is 48.4 Å². The number of hydrogen-bond donors (Lipinski definition) is 1. The molecular weight excluding hydrogens is 262 g/mol. The molecule has 0 aliphatic rings. The fraction of sp³-hybridized carbons (Fsp3) is 0.333. The van der Waals surface area contributed by atoms with E-state index in [-0.39, 0.29) is 6.04 Å². The zero-order valence-corrected chi connectivity index (χ0v) is 12.9. The van der Waals surface area contributed by atoms with Crippen molar-refractivity contribution in [1.82, 2.24) is 5.32 Å². The van der Waals surface area contributed by atoms with Crippen molar-refractivity contribution in [1.29, 1.82) is 0 Å². The van der Waals surface area contributed by atoms with Crippen molar-refractivity contribution in [2.45, 2.75) is 19.4 Å². The first kappa shape index (κ1) is 15.4. The summed E-state index contributed by atoms with van der Waals surface area (Å²) in [5.41, 5.74) is 2.42. The third-order valence-corrected chi connectivity index (χ3v) is 3.47. The van der Waals surface area contributed by atoms with Gasteiger partial charge in [-0.1, -0.05) is 31.2 Å². The van der Waals surface area contributed by atoms with Gasteiger partial charge in [-0.25, -0.2) is 0 Å². The molecule has 21 heavy (non-hydrogen) atoms. The molecule has 0 bridgehead atoms. The standard InChI is InChI=1S/C18H23NO2/c1-4-12-19-18(14-8-10-16(20-2)11-9-14)15-6-5-7-17(13-15)21-3/h5-11,13,18-19H,4,12H2,1-3H3. The Balaban J connectivity index is 2.31. The SMILES string of the molecule is CCCNC(c1ccc(OC)cc1)c1cccc(OC)c1. The third-order valence-electron chi connectivity index (χ3n) is 3.47. The number of rotatable bonds is 7. The first-order chi connectivity index (χ1) is 10.3. The lowest BCUT2D eigenvalue weighted by Gasteiger charge is -2.20. The van der Waals surface area contributed by atoms with Crippen LogP contribution in [0.3, 0.4) is 0 Å². The van der Waals surface area contributed by atoms with Gasteiger partial charge in [0.15, 0.2) is 0 Å². The van der Waals surface area contributed by atoms with Gasteiger partial charge in [-0.15, -0.1) is 0 Å². The van der Waals surface area contributed by atoms with Crippen LogP contribution in [0.5, 0.6) is 11.5 Å². The molecule has 0 heterocycles. The minimum atomic E-state index is 0.158. The fourth-order valence-corrected chi connectivity index (χ4v) is 2.33. The molecule has 0 aromatic heterocycles. The zero-order chi connectivity index (χ0) is 15.1. The summed E-state index contributed by atoms with van der Waals surface area (Å²) < 4.78 is 10.6. The minimum Gasteiger partial charge on any atom is -0.497 e. The van der Waals surface area contributed by atoms with E-state index in [4.69, 9.17) is 9.47 Å². The van der Waals surface area contributed by atoms with Crippen LogP contribution in [-0.2, 0) is 0 Å². The lowest BCUT2D eigenvalue weighted by atomic mass is 9.98. The highest BCUT2D eigenvalue weighted by Gasteiger charge is 2.14. The maximum atomic E-state index is 5.33. The molecule has 0 radical (unpaired) electrons. The van der Waals surface area contributed by atoms with Crippen LogP contribution in [0.15, 0.2) is 48.5 Å². The van der Waals surface area contributed by atoms with Gasteiger partial charge >= 0.3 is 0 Å². The van der Waals surface area contributed by atoms with E-state index in [0.717, 1.165) is 24.5 Å². The minimum absolute atomic E-state index is 0.158. The molecule has 0 spiro atoms. The Morgan fingerprint density at radius 3 is 2.24 bits per heavy atom. The Hall–Kier alpha value is -2.00. The summed E-state index contributed by atoms with van der Waals surface area (Å²) in [6, 6.07) is 16.6. The van der Waals surface area contributed by atoms with Gasteiger partial charge in [0.25, 0.3) is 0 Å². The molecule has 1 unspecified atom stereocenters. The van der Waals surface area contributed by atoms with Crippen LogP contribution in [0.4, 0.5) is 0 Å². The van der Waals surface area contributed by atoms with Crippen molar-refractivity contribution in [3.8, 4) is 11.5 Å². The van der Waals surface area contributed by atoms with Gasteiger partial charge < -0.3 is 14.8 Å². The molecule has 2 aromatic rings. The highest BCUT2D eigenvalue weighted by molar-refractivity contribution is 5.38. The zero-order valence-electron chi connectivity index (χ0n) is 12.9. The summed E-state index contributed by atoms with van der Waals surface area (Å²) in [4.78, 5) is 0. The first-order valence-corrected chi connectivity index (χ1v) is 7.29. The Bertz CT molecular complexity index is 551. The van der Waals surface area contributed by atoms with Crippen LogP contribution in [0.2, 0.25) is 0 Å². The van der Waals surface area contributed by atoms with E-state index in [1.165, 1.54) is 11.1 Å². The van der Waals surface area contributed by atoms with Crippen LogP contribution >= 0.6 is 0 Å². The second kappa shape index (κ2) is 7.70. The Kier molecular flexibility index (Phi) is 5.64. The molecule has 112 valence electrons. The van der Waals surface area contributed by atoms with E-state index < -0.39 is 0 Å². The van der Waals surface area contributed by atoms with Crippen molar-refractivity contribution in [2.75, 3.05) is 20.8 Å². The Labute approximate surface area is 126 Å². The number of hydrogen-bond acceptors (Lipinski definition) is 3. The van der Waals surface area contributed by atoms with Gasteiger partial charge in [0.2, 0.25) is 0 Å². The van der Waals surface area contributed by atoms with Crippen LogP contribution in [0.25, 0.3) is 0 Å². The molecule has 0 saturated carbocycles. The molecule has 0 amide bonds. The molecule has 0 fully saturated rings. The lowest BCUT2D eigenvalue weighted by Crippen LogP contribution is -2.23. The molecule has 0 aliphatic heterocycles. The summed E-state index contributed by atoms with van der Waals surface area (Å²) in [5.74, 6) is 1.75. The van der Waals surface area contributed by atoms with Crippen LogP contribution < -0.4 is 14.8 Å². The normalized spacial score (nSPS) is 12.0. The molecule has 1 N–H and O–H groups in total. The number of benzene rings is 2. The van der Waals surface area contributed by atoms with Crippen LogP contribution in [-0.4, -0.2) is 20.8 Å². The first-order valence-electron chi connectivity index (χ1n) is 7.29. The average molecular weight is 285 g/mol. The quantitative estimate of drug-likeness (QED) is 0.839. The second-order valence-electron chi connectivity index (χ2n) is 4.94. The van der Waals surface area contributed by atoms with Gasteiger partial charge in [0.1, 0.15) is 11.5 Å². The fourth-order valence-electron chi connectivity index (χ4n) is 2.33. The van der Waals surface area contributed by atoms with Crippen molar-refractivity contribution < 1.29 is 9.47 Å². The van der Waals surface area contributed by atoms with E-state index >= 15 is 0 Å². The Morgan fingerprint density at radius 2 is 1.62 bits per heavy atom. The molecule has 2 rings (SSSR count). The number of ether oxygens (including phenoxy) is 2. The summed E-state index contributed by atoms with van der Waals surface area (Å²) in [6.07, 6.45) is 1.09. The molecular formula is C18H23NO2. The predicted octanol–water partition coefficient (Wildman–Crippen LogP) is 3.79. The Morgan fingerprint density at radius 1 is 0.905 bits per heavy atom. The van der Waals surface area contributed by atoms with E-state index in [9.17, 15) is 0 Å². The molecule has 2 aromatic carbocycles. The lowest BCUT2D eigenvalue weighted by molar-refractivity contribution is 0.413. The maximum Gasteiger partial charge on any atom is 0.119 e. The summed E-state index contributed by atoms with van der Waals surface area (Å²) in [7, 11) is 3.38. The molecule has 1 atom stereocenters. The van der Waals surface area contributed by atoms with Gasteiger partial charge in [-0.3, -0.25) is 0 Å². The molecule has 3 nitrogen and oxygen atoms in total. The average Bonchev–Trinajstić information content (AvgIpc) is 2.56. The predicted molar refractivity (Wildman–Crippen MR) is 86.1 cm³/mol. The van der Waals surface area contributed by atoms with Crippen molar-refractivity contribution >= 4 is 0 Å². The van der Waals surface area contributed by atoms with Crippen molar-refractivity contribution in [2.24, 2.45) is 0 Å². The van der Waals surface area contributed by atoms with E-state index in [1.54, 1.807) is 14.2 Å². The number of methoxy groups -OCH3 is 2. The van der Waals surface area contributed by atoms with Crippen LogP contribution in [0, 0.1) is 0 Å². The van der Waals surface area contributed by atoms with Crippen LogP contribution in [0.1, 0.15) is 30.5 Å². The molecule has 0 aliphatic carbocycles. The highest BCUT2D eigenvalue weighted by atomic mass is 16.5. The van der Waals surface area contributed by atoms with Gasteiger partial charge in [0.05, 0.1) is 20.3 Å². The third kappa shape index (κ3) is 3.99. The van der Waals surface area contributed by atoms with Gasteiger partial charge in [-0.2, -0.15) is 0 Å². The van der Waals surface area contributed by atoms with Gasteiger partial charge in [0, 0.05) is 0 Å². The highest BCUT2D eigenvalue weighted by Crippen LogP contribution is 2.26. The number of nitrogens with one attached hydrogen (secondary N) is 1. The molecule has 3 heteroatoms. The second-order valence-corrected chi connectivity index (χ2v) is 4.94.